The summed E-state index contributed by atoms with van der Waals surface area (Å²) < 4.78 is 47.4. The van der Waals surface area contributed by atoms with Crippen molar-refractivity contribution < 1.29 is 32.2 Å². The van der Waals surface area contributed by atoms with Crippen LogP contribution in [0.25, 0.3) is 5.65 Å². The van der Waals surface area contributed by atoms with Crippen molar-refractivity contribution >= 4 is 17.5 Å². The van der Waals surface area contributed by atoms with Crippen LogP contribution < -0.4 is 11.1 Å². The first-order valence-electron chi connectivity index (χ1n) is 9.07. The third-order valence-corrected chi connectivity index (χ3v) is 4.99. The lowest BCUT2D eigenvalue weighted by molar-refractivity contribution is -0.351. The molecule has 0 bridgehead atoms. The van der Waals surface area contributed by atoms with E-state index in [1.165, 1.54) is 16.8 Å². The summed E-state index contributed by atoms with van der Waals surface area (Å²) in [5.74, 6) is -1.29. The fraction of sp³-hybridized carbons (Fsp3) is 0.529. The van der Waals surface area contributed by atoms with Gasteiger partial charge in [-0.1, -0.05) is 0 Å². The lowest BCUT2D eigenvalue weighted by atomic mass is 9.89. The molecule has 1 atom stereocenters. The fourth-order valence-electron chi connectivity index (χ4n) is 3.62. The third-order valence-electron chi connectivity index (χ3n) is 4.99. The molecule has 2 aromatic rings. The van der Waals surface area contributed by atoms with Gasteiger partial charge in [-0.3, -0.25) is 14.3 Å². The highest BCUT2D eigenvalue weighted by Gasteiger charge is 2.41. The number of carbonyl (C=O) groups is 2. The van der Waals surface area contributed by atoms with Gasteiger partial charge in [0, 0.05) is 18.8 Å². The first kappa shape index (κ1) is 19.6. The average Bonchev–Trinajstić information content (AvgIpc) is 3.25. The Bertz CT molecular complexity index is 948. The number of carbonyl (C=O) groups excluding carboxylic acids is 2. The van der Waals surface area contributed by atoms with E-state index in [0.29, 0.717) is 18.7 Å². The molecule has 2 aliphatic rings. The molecule has 1 saturated heterocycles. The predicted molar refractivity (Wildman–Crippen MR) is 90.8 cm³/mol. The van der Waals surface area contributed by atoms with E-state index in [-0.39, 0.29) is 29.7 Å². The van der Waals surface area contributed by atoms with Gasteiger partial charge in [0.25, 0.3) is 11.8 Å². The first-order valence-corrected chi connectivity index (χ1v) is 9.07. The number of amides is 2. The summed E-state index contributed by atoms with van der Waals surface area (Å²) in [6, 6.07) is 0.948. The molecule has 2 fully saturated rings. The Morgan fingerprint density at radius 1 is 1.34 bits per heavy atom. The molecule has 29 heavy (non-hydrogen) atoms. The normalized spacial score (nSPS) is 24.4. The monoisotopic (exact) mass is 413 g/mol. The maximum absolute atomic E-state index is 12.7. The van der Waals surface area contributed by atoms with Crippen molar-refractivity contribution in [1.82, 2.24) is 19.9 Å². The van der Waals surface area contributed by atoms with Gasteiger partial charge in [0.15, 0.2) is 5.65 Å². The van der Waals surface area contributed by atoms with Gasteiger partial charge in [-0.25, -0.2) is 9.50 Å². The van der Waals surface area contributed by atoms with E-state index < -0.39 is 36.4 Å². The number of rotatable bonds is 5. The summed E-state index contributed by atoms with van der Waals surface area (Å²) in [6.45, 7) is 0.528. The lowest BCUT2D eigenvalue weighted by Gasteiger charge is -2.35. The molecule has 1 aliphatic carbocycles. The zero-order valence-electron chi connectivity index (χ0n) is 15.1. The van der Waals surface area contributed by atoms with Crippen LogP contribution in [-0.2, 0) is 9.47 Å². The molecule has 2 amide bonds. The average molecular weight is 413 g/mol. The maximum Gasteiger partial charge on any atom is 0.522 e. The van der Waals surface area contributed by atoms with E-state index in [1.807, 2.05) is 0 Å². The molecule has 156 valence electrons. The molecule has 0 spiro atoms. The SMILES string of the molecule is NC(=O)c1c(C2CCCO2)nn2c(C(=O)NC3CC(OC(F)(F)F)C3)ccnc12. The van der Waals surface area contributed by atoms with Gasteiger partial charge >= 0.3 is 6.36 Å². The molecular weight excluding hydrogens is 395 g/mol. The maximum atomic E-state index is 12.7. The van der Waals surface area contributed by atoms with Crippen LogP contribution in [0.1, 0.15) is 58.3 Å². The molecule has 1 aliphatic heterocycles. The highest BCUT2D eigenvalue weighted by Crippen LogP contribution is 2.32. The molecule has 3 N–H and O–H groups in total. The van der Waals surface area contributed by atoms with Crippen LogP contribution in [0.3, 0.4) is 0 Å². The Hall–Kier alpha value is -2.73. The number of hydrogen-bond donors (Lipinski definition) is 2. The number of nitrogens with zero attached hydrogens (tertiary/aromatic N) is 3. The minimum Gasteiger partial charge on any atom is -0.372 e. The first-order chi connectivity index (χ1) is 13.7. The second-order valence-corrected chi connectivity index (χ2v) is 7.02. The number of fused-ring (bicyclic) bond motifs is 1. The molecule has 0 radical (unpaired) electrons. The molecule has 9 nitrogen and oxygen atoms in total. The van der Waals surface area contributed by atoms with Crippen LogP contribution in [-0.4, -0.2) is 51.5 Å². The van der Waals surface area contributed by atoms with Gasteiger partial charge in [0.1, 0.15) is 23.1 Å². The molecule has 3 heterocycles. The zero-order valence-corrected chi connectivity index (χ0v) is 15.1. The lowest BCUT2D eigenvalue weighted by Crippen LogP contribution is -2.49. The second kappa shape index (κ2) is 7.26. The van der Waals surface area contributed by atoms with Crippen molar-refractivity contribution in [1.29, 1.82) is 0 Å². The minimum absolute atomic E-state index is 0.0479. The van der Waals surface area contributed by atoms with Crippen LogP contribution in [0.15, 0.2) is 12.3 Å². The smallest absolute Gasteiger partial charge is 0.372 e. The fourth-order valence-corrected chi connectivity index (χ4v) is 3.62. The van der Waals surface area contributed by atoms with Crippen molar-refractivity contribution in [2.45, 2.75) is 50.3 Å². The largest absolute Gasteiger partial charge is 0.522 e. The Balaban J connectivity index is 1.56. The molecule has 12 heteroatoms. The van der Waals surface area contributed by atoms with E-state index in [2.05, 4.69) is 20.1 Å². The van der Waals surface area contributed by atoms with Gasteiger partial charge < -0.3 is 15.8 Å². The second-order valence-electron chi connectivity index (χ2n) is 7.02. The number of ether oxygens (including phenoxy) is 2. The van der Waals surface area contributed by atoms with Crippen molar-refractivity contribution in [3.63, 3.8) is 0 Å². The minimum atomic E-state index is -4.70. The summed E-state index contributed by atoms with van der Waals surface area (Å²) in [4.78, 5) is 28.8. The number of alkyl halides is 3. The third kappa shape index (κ3) is 3.90. The summed E-state index contributed by atoms with van der Waals surface area (Å²) in [6.07, 6.45) is -3.19. The van der Waals surface area contributed by atoms with Gasteiger partial charge in [-0.05, 0) is 31.7 Å². The summed E-state index contributed by atoms with van der Waals surface area (Å²) >= 11 is 0. The molecule has 2 aromatic heterocycles. The Labute approximate surface area is 162 Å². The van der Waals surface area contributed by atoms with Crippen molar-refractivity contribution in [3.05, 3.63) is 29.2 Å². The van der Waals surface area contributed by atoms with Gasteiger partial charge in [-0.2, -0.15) is 5.10 Å². The highest BCUT2D eigenvalue weighted by molar-refractivity contribution is 6.01. The number of hydrogen-bond acceptors (Lipinski definition) is 6. The van der Waals surface area contributed by atoms with E-state index in [9.17, 15) is 22.8 Å². The van der Waals surface area contributed by atoms with Crippen molar-refractivity contribution in [2.75, 3.05) is 6.61 Å². The number of primary amides is 1. The number of halogens is 3. The van der Waals surface area contributed by atoms with Crippen molar-refractivity contribution in [3.8, 4) is 0 Å². The molecular formula is C17H18F3N5O4. The molecule has 0 aromatic carbocycles. The van der Waals surface area contributed by atoms with Gasteiger partial charge in [-0.15, -0.1) is 13.2 Å². The van der Waals surface area contributed by atoms with Crippen LogP contribution in [0.5, 0.6) is 0 Å². The Morgan fingerprint density at radius 3 is 2.72 bits per heavy atom. The summed E-state index contributed by atoms with van der Waals surface area (Å²) in [5, 5.41) is 6.99. The van der Waals surface area contributed by atoms with E-state index in [0.717, 1.165) is 6.42 Å². The quantitative estimate of drug-likeness (QED) is 0.766. The van der Waals surface area contributed by atoms with Crippen molar-refractivity contribution in [2.24, 2.45) is 5.73 Å². The topological polar surface area (TPSA) is 121 Å². The van der Waals surface area contributed by atoms with E-state index in [1.54, 1.807) is 0 Å². The highest BCUT2D eigenvalue weighted by atomic mass is 19.4. The summed E-state index contributed by atoms with van der Waals surface area (Å²) in [5.41, 5.74) is 6.13. The number of nitrogens with two attached hydrogens (primary N) is 1. The van der Waals surface area contributed by atoms with Crippen LogP contribution in [0, 0.1) is 0 Å². The molecule has 1 unspecified atom stereocenters. The molecule has 4 rings (SSSR count). The number of aromatic nitrogens is 3. The standard InChI is InChI=1S/C17H18F3N5O4/c18-17(19,20)29-9-6-8(7-9)23-16(27)10-3-4-22-15-12(14(21)26)13(24-25(10)15)11-2-1-5-28-11/h3-4,8-9,11H,1-2,5-7H2,(H2,21,26)(H,23,27). The van der Waals surface area contributed by atoms with Gasteiger partial charge in [0.05, 0.1) is 6.10 Å². The Kier molecular flexibility index (Phi) is 4.90. The van der Waals surface area contributed by atoms with Crippen LogP contribution >= 0.6 is 0 Å². The van der Waals surface area contributed by atoms with E-state index in [4.69, 9.17) is 10.5 Å². The zero-order chi connectivity index (χ0) is 20.8. The molecule has 1 saturated carbocycles. The predicted octanol–water partition coefficient (Wildman–Crippen LogP) is 1.48. The van der Waals surface area contributed by atoms with Crippen LogP contribution in [0.2, 0.25) is 0 Å². The summed E-state index contributed by atoms with van der Waals surface area (Å²) in [7, 11) is 0. The van der Waals surface area contributed by atoms with Crippen LogP contribution in [0.4, 0.5) is 13.2 Å². The Morgan fingerprint density at radius 2 is 2.10 bits per heavy atom. The van der Waals surface area contributed by atoms with E-state index >= 15 is 0 Å². The number of nitrogens with one attached hydrogen (secondary N) is 1. The van der Waals surface area contributed by atoms with Gasteiger partial charge in [0.2, 0.25) is 0 Å².